The summed E-state index contributed by atoms with van der Waals surface area (Å²) >= 11 is 5.53. The van der Waals surface area contributed by atoms with E-state index in [1.165, 1.54) is 23.7 Å². The van der Waals surface area contributed by atoms with Crippen LogP contribution in [0.4, 0.5) is 0 Å². The van der Waals surface area contributed by atoms with Gasteiger partial charge in [0, 0.05) is 7.85 Å². The second-order valence-corrected chi connectivity index (χ2v) is 8.05. The van der Waals surface area contributed by atoms with Gasteiger partial charge in [-0.05, 0) is 48.3 Å². The van der Waals surface area contributed by atoms with E-state index in [-0.39, 0.29) is 0 Å². The van der Waals surface area contributed by atoms with Gasteiger partial charge in [0.1, 0.15) is 0 Å². The molecule has 4 bridgehead atoms. The monoisotopic (exact) mass is 386 g/mol. The number of fused-ring (bicyclic) bond motifs is 4. The van der Waals surface area contributed by atoms with Gasteiger partial charge in [-0.3, -0.25) is 0 Å². The highest BCUT2D eigenvalue weighted by molar-refractivity contribution is 14.1. The Hall–Kier alpha value is 1.46. The van der Waals surface area contributed by atoms with E-state index in [9.17, 15) is 0 Å². The third-order valence-electron chi connectivity index (χ3n) is 5.18. The summed E-state index contributed by atoms with van der Waals surface area (Å²) in [5, 5.41) is 0. The molecule has 0 saturated heterocycles. The summed E-state index contributed by atoms with van der Waals surface area (Å²) in [7, 11) is 0. The van der Waals surface area contributed by atoms with E-state index in [0.717, 1.165) is 19.7 Å². The maximum absolute atomic E-state index is 2.77. The molecule has 0 aromatic rings. The van der Waals surface area contributed by atoms with E-state index in [1.54, 1.807) is 12.8 Å². The van der Waals surface area contributed by atoms with Crippen LogP contribution in [0.15, 0.2) is 0 Å². The summed E-state index contributed by atoms with van der Waals surface area (Å²) in [5.74, 6) is 6.99. The molecule has 0 heterocycles. The van der Waals surface area contributed by atoms with Crippen molar-refractivity contribution >= 4 is 45.2 Å². The smallest absolute Gasteiger partial charge is 0.0175 e. The molecule has 12 heavy (non-hydrogen) atoms. The fourth-order valence-electron chi connectivity index (χ4n) is 4.98. The summed E-state index contributed by atoms with van der Waals surface area (Å²) in [6.07, 6.45) is 3.23. The van der Waals surface area contributed by atoms with Crippen LogP contribution in [0.5, 0.6) is 0 Å². The Kier molecular flexibility index (Phi) is 1.39. The molecule has 0 aromatic carbocycles. The van der Waals surface area contributed by atoms with Crippen molar-refractivity contribution in [2.75, 3.05) is 0 Å². The second kappa shape index (κ2) is 2.17. The number of alkyl halides is 2. The largest absolute Gasteiger partial charge is 0.0820 e. The van der Waals surface area contributed by atoms with Crippen LogP contribution in [0.3, 0.4) is 0 Å². The van der Waals surface area contributed by atoms with E-state index >= 15 is 0 Å². The molecule has 4 aliphatic carbocycles. The van der Waals surface area contributed by atoms with Gasteiger partial charge in [-0.1, -0.05) is 45.2 Å². The summed E-state index contributed by atoms with van der Waals surface area (Å²) in [4.78, 5) is 0. The molecule has 0 spiro atoms. The van der Waals surface area contributed by atoms with Gasteiger partial charge in [0.15, 0.2) is 0 Å². The molecule has 8 unspecified atom stereocenters. The van der Waals surface area contributed by atoms with Crippen LogP contribution in [0.2, 0.25) is 0 Å². The van der Waals surface area contributed by atoms with Gasteiger partial charge in [-0.2, -0.15) is 0 Å². The van der Waals surface area contributed by atoms with Gasteiger partial charge in [0.2, 0.25) is 0 Å². The SMILES string of the molecule is IC1C2CC3C4CC2C(C4I)C13. The quantitative estimate of drug-likeness (QED) is 0.444. The van der Waals surface area contributed by atoms with Crippen LogP contribution >= 0.6 is 45.2 Å². The molecule has 4 saturated carbocycles. The van der Waals surface area contributed by atoms with E-state index in [4.69, 9.17) is 0 Å². The maximum atomic E-state index is 2.77. The fraction of sp³-hybridized carbons (Fsp3) is 1.00. The van der Waals surface area contributed by atoms with Crippen LogP contribution in [0.1, 0.15) is 12.8 Å². The van der Waals surface area contributed by atoms with E-state index in [2.05, 4.69) is 45.2 Å². The van der Waals surface area contributed by atoms with Crippen molar-refractivity contribution in [3.63, 3.8) is 0 Å². The fourth-order valence-corrected chi connectivity index (χ4v) is 8.66. The molecule has 0 aromatic heterocycles. The van der Waals surface area contributed by atoms with Crippen LogP contribution in [-0.2, 0) is 0 Å². The van der Waals surface area contributed by atoms with Gasteiger partial charge in [-0.15, -0.1) is 0 Å². The number of hydrogen-bond donors (Lipinski definition) is 0. The number of hydrogen-bond acceptors (Lipinski definition) is 0. The molecule has 0 radical (unpaired) electrons. The average molecular weight is 386 g/mol. The lowest BCUT2D eigenvalue weighted by Crippen LogP contribution is -2.27. The molecule has 0 nitrogen and oxygen atoms in total. The van der Waals surface area contributed by atoms with Crippen molar-refractivity contribution in [2.24, 2.45) is 35.5 Å². The Bertz CT molecular complexity index is 226. The Morgan fingerprint density at radius 1 is 0.667 bits per heavy atom. The first-order valence-electron chi connectivity index (χ1n) is 5.07. The summed E-state index contributed by atoms with van der Waals surface area (Å²) in [6.45, 7) is 0. The van der Waals surface area contributed by atoms with E-state index in [1.807, 2.05) is 0 Å². The standard InChI is InChI=1S/C10H12I2/c11-9-5-1-3-6-2-4(5)8(7(3)9)10(6)12/h3-10H,1-2H2. The van der Waals surface area contributed by atoms with Crippen molar-refractivity contribution < 1.29 is 0 Å². The predicted molar refractivity (Wildman–Crippen MR) is 65.8 cm³/mol. The lowest BCUT2D eigenvalue weighted by atomic mass is 9.71. The Morgan fingerprint density at radius 2 is 1.08 bits per heavy atom. The maximum Gasteiger partial charge on any atom is 0.0175 e. The third-order valence-corrected chi connectivity index (χ3v) is 8.68. The van der Waals surface area contributed by atoms with Crippen molar-refractivity contribution in [3.05, 3.63) is 0 Å². The molecular formula is C10H12I2. The van der Waals surface area contributed by atoms with Gasteiger partial charge in [0.25, 0.3) is 0 Å². The molecule has 4 rings (SSSR count). The highest BCUT2D eigenvalue weighted by atomic mass is 127. The Morgan fingerprint density at radius 3 is 1.42 bits per heavy atom. The van der Waals surface area contributed by atoms with Crippen LogP contribution in [0, 0.1) is 35.5 Å². The van der Waals surface area contributed by atoms with Crippen LogP contribution in [-0.4, -0.2) is 7.85 Å². The molecule has 0 amide bonds. The molecule has 66 valence electrons. The van der Waals surface area contributed by atoms with Crippen LogP contribution < -0.4 is 0 Å². The zero-order valence-corrected chi connectivity index (χ0v) is 11.1. The van der Waals surface area contributed by atoms with Crippen molar-refractivity contribution in [2.45, 2.75) is 20.7 Å². The lowest BCUT2D eigenvalue weighted by Gasteiger charge is -2.33. The zero-order valence-electron chi connectivity index (χ0n) is 6.79. The minimum Gasteiger partial charge on any atom is -0.0820 e. The molecule has 4 aliphatic rings. The third kappa shape index (κ3) is 0.607. The highest BCUT2D eigenvalue weighted by Crippen LogP contribution is 2.75. The predicted octanol–water partition coefficient (Wildman–Crippen LogP) is 3.13. The molecule has 8 atom stereocenters. The van der Waals surface area contributed by atoms with Gasteiger partial charge >= 0.3 is 0 Å². The summed E-state index contributed by atoms with van der Waals surface area (Å²) in [5.41, 5.74) is 0. The minimum atomic E-state index is 1.08. The van der Waals surface area contributed by atoms with E-state index in [0.29, 0.717) is 0 Å². The number of rotatable bonds is 0. The zero-order chi connectivity index (χ0) is 8.03. The molecule has 0 aliphatic heterocycles. The normalized spacial score (nSPS) is 76.5. The van der Waals surface area contributed by atoms with Gasteiger partial charge < -0.3 is 0 Å². The molecule has 2 heteroatoms. The summed E-state index contributed by atoms with van der Waals surface area (Å²) in [6, 6.07) is 0. The van der Waals surface area contributed by atoms with Crippen LogP contribution in [0.25, 0.3) is 0 Å². The first kappa shape index (κ1) is 7.71. The second-order valence-electron chi connectivity index (χ2n) is 5.17. The first-order chi connectivity index (χ1) is 5.79. The first-order valence-corrected chi connectivity index (χ1v) is 7.56. The molecular weight excluding hydrogens is 374 g/mol. The Balaban J connectivity index is 1.92. The number of halogens is 2. The van der Waals surface area contributed by atoms with E-state index < -0.39 is 0 Å². The topological polar surface area (TPSA) is 0 Å². The highest BCUT2D eigenvalue weighted by Gasteiger charge is 2.71. The lowest BCUT2D eigenvalue weighted by molar-refractivity contribution is 0.146. The minimum absolute atomic E-state index is 1.08. The summed E-state index contributed by atoms with van der Waals surface area (Å²) < 4.78 is 2.15. The van der Waals surface area contributed by atoms with Crippen molar-refractivity contribution in [1.82, 2.24) is 0 Å². The molecule has 0 N–H and O–H groups in total. The average Bonchev–Trinajstić information content (AvgIpc) is 2.68. The van der Waals surface area contributed by atoms with Crippen molar-refractivity contribution in [1.29, 1.82) is 0 Å². The van der Waals surface area contributed by atoms with Gasteiger partial charge in [0.05, 0.1) is 0 Å². The van der Waals surface area contributed by atoms with Gasteiger partial charge in [-0.25, -0.2) is 0 Å². The molecule has 4 fully saturated rings. The van der Waals surface area contributed by atoms with Crippen molar-refractivity contribution in [3.8, 4) is 0 Å². The Labute approximate surface area is 101 Å².